The van der Waals surface area contributed by atoms with Crippen molar-refractivity contribution in [2.75, 3.05) is 0 Å². The molecule has 6 aromatic carbocycles. The minimum atomic E-state index is -2.87. The van der Waals surface area contributed by atoms with Crippen LogP contribution >= 0.6 is 0 Å². The third-order valence-corrected chi connectivity index (χ3v) is 15.8. The summed E-state index contributed by atoms with van der Waals surface area (Å²) in [5, 5.41) is 11.5. The molecule has 0 spiro atoms. The molecular formula is C40H30Li2Si. The normalized spacial score (nSPS) is 18.1. The van der Waals surface area contributed by atoms with Crippen molar-refractivity contribution in [2.24, 2.45) is 0 Å². The average Bonchev–Trinajstić information content (AvgIpc) is 3.48. The van der Waals surface area contributed by atoms with Gasteiger partial charge in [0.15, 0.2) is 0 Å². The Hall–Kier alpha value is -3.27. The molecule has 2 aliphatic rings. The van der Waals surface area contributed by atoms with Crippen molar-refractivity contribution in [2.45, 2.75) is 23.0 Å². The van der Waals surface area contributed by atoms with Crippen LogP contribution in [0, 0.1) is 0 Å². The molecule has 0 aliphatic heterocycles. The molecule has 196 valence electrons. The van der Waals surface area contributed by atoms with Gasteiger partial charge in [-0.2, -0.15) is 0 Å². The van der Waals surface area contributed by atoms with Gasteiger partial charge in [0.1, 0.15) is 0 Å². The molecule has 0 saturated carbocycles. The fourth-order valence-corrected chi connectivity index (χ4v) is 14.4. The standard InChI is InChI=1S/C40H30Si.2Li/c1-27-25-31-23-21-29-13-9-11-19-35(29)37(31)39(27)41(33-15-5-3-6-16-33,34-17-7-4-8-18-34)40-28(2)26-32-24-22-30-14-10-12-20-36(30)38(32)40;;/h3-26H,1-2H3;;. The molecule has 0 bridgehead atoms. The molecule has 6 aromatic rings. The zero-order chi connectivity index (χ0) is 29.3. The fourth-order valence-electron chi connectivity index (χ4n) is 8.36. The molecule has 2 aliphatic carbocycles. The van der Waals surface area contributed by atoms with Crippen LogP contribution in [-0.2, 0) is 0 Å². The Kier molecular flexibility index (Phi) is 6.62. The zero-order valence-corrected chi connectivity index (χ0v) is 26.4. The van der Waals surface area contributed by atoms with Crippen molar-refractivity contribution in [3.8, 4) is 0 Å². The first kappa shape index (κ1) is 27.3. The predicted octanol–water partition coefficient (Wildman–Crippen LogP) is 8.03. The summed E-state index contributed by atoms with van der Waals surface area (Å²) in [7, 11) is -2.87. The molecule has 0 saturated heterocycles. The molecule has 8 rings (SSSR count). The van der Waals surface area contributed by atoms with Crippen molar-refractivity contribution in [3.05, 3.63) is 167 Å². The Bertz CT molecular complexity index is 1970. The number of hydrogen-bond acceptors (Lipinski definition) is 0. The second-order valence-electron chi connectivity index (χ2n) is 12.5. The number of fused-ring (bicyclic) bond motifs is 6. The number of rotatable bonds is 4. The van der Waals surface area contributed by atoms with Gasteiger partial charge in [0, 0.05) is 0 Å². The van der Waals surface area contributed by atoms with E-state index in [1.165, 1.54) is 65.3 Å². The number of hydrogen-bond donors (Lipinski definition) is 0. The van der Waals surface area contributed by atoms with Gasteiger partial charge in [-0.3, -0.25) is 0 Å². The molecule has 0 radical (unpaired) electrons. The summed E-state index contributed by atoms with van der Waals surface area (Å²) in [5.41, 5.74) is 8.93. The second-order valence-corrected chi connectivity index (χ2v) is 16.2. The van der Waals surface area contributed by atoms with Gasteiger partial charge in [-0.1, -0.05) is 0 Å². The van der Waals surface area contributed by atoms with E-state index in [0.717, 1.165) is 0 Å². The van der Waals surface area contributed by atoms with Crippen molar-refractivity contribution in [3.63, 3.8) is 0 Å². The quantitative estimate of drug-likeness (QED) is 0.194. The Morgan fingerprint density at radius 3 is 1.23 bits per heavy atom. The first-order valence-electron chi connectivity index (χ1n) is 15.6. The molecule has 0 N–H and O–H groups in total. The summed E-state index contributed by atoms with van der Waals surface area (Å²) in [6.07, 6.45) is 0. The van der Waals surface area contributed by atoms with Crippen LogP contribution in [0.1, 0.15) is 45.3 Å². The fraction of sp³-hybridized carbons (Fsp3) is 0.100. The molecule has 3 heteroatoms. The Morgan fingerprint density at radius 1 is 0.442 bits per heavy atom. The number of benzene rings is 6. The summed E-state index contributed by atoms with van der Waals surface area (Å²) >= 11 is 4.85. The molecule has 0 heterocycles. The molecule has 0 fully saturated rings. The first-order valence-corrected chi connectivity index (χ1v) is 17.6. The van der Waals surface area contributed by atoms with E-state index >= 15 is 0 Å². The summed E-state index contributed by atoms with van der Waals surface area (Å²) in [6, 6.07) is 50.7. The van der Waals surface area contributed by atoms with Crippen molar-refractivity contribution in [1.82, 2.24) is 0 Å². The molecule has 43 heavy (non-hydrogen) atoms. The summed E-state index contributed by atoms with van der Waals surface area (Å²) in [5.74, 6) is 0. The Balaban J connectivity index is 1.62. The maximum absolute atomic E-state index is 2.87. The van der Waals surface area contributed by atoms with Crippen LogP contribution in [0.25, 0.3) is 31.9 Å². The van der Waals surface area contributed by atoms with Crippen LogP contribution in [0.4, 0.5) is 0 Å². The third-order valence-electron chi connectivity index (χ3n) is 10.6. The SMILES string of the molecule is [Li][CH]1C(C)=C([Si](C2=C(C)[CH]([Li])c3ccc4ccccc4c32)(c2ccccc2)c2ccccc2)c2c1ccc1ccccc21. The maximum atomic E-state index is 2.43. The first-order chi connectivity index (χ1) is 21.0. The zero-order valence-electron chi connectivity index (χ0n) is 25.4. The minimum absolute atomic E-state index is 0.362. The third kappa shape index (κ3) is 3.84. The predicted molar refractivity (Wildman–Crippen MR) is 188 cm³/mol. The van der Waals surface area contributed by atoms with Gasteiger partial charge >= 0.3 is 276 Å². The van der Waals surface area contributed by atoms with Crippen LogP contribution in [0.2, 0.25) is 0 Å². The van der Waals surface area contributed by atoms with E-state index in [-0.39, 0.29) is 0 Å². The van der Waals surface area contributed by atoms with Gasteiger partial charge < -0.3 is 0 Å². The average molecular weight is 553 g/mol. The Morgan fingerprint density at radius 2 is 0.814 bits per heavy atom. The monoisotopic (exact) mass is 552 g/mol. The van der Waals surface area contributed by atoms with Crippen LogP contribution < -0.4 is 10.4 Å². The Labute approximate surface area is 274 Å². The van der Waals surface area contributed by atoms with E-state index < -0.39 is 8.07 Å². The molecule has 0 aromatic heterocycles. The van der Waals surface area contributed by atoms with Gasteiger partial charge in [0.05, 0.1) is 0 Å². The summed E-state index contributed by atoms with van der Waals surface area (Å²) in [4.78, 5) is 0. The van der Waals surface area contributed by atoms with Gasteiger partial charge in [0.25, 0.3) is 0 Å². The molecule has 2 atom stereocenters. The van der Waals surface area contributed by atoms with E-state index in [0.29, 0.717) is 9.18 Å². The van der Waals surface area contributed by atoms with E-state index in [1.807, 2.05) is 0 Å². The topological polar surface area (TPSA) is 0 Å². The van der Waals surface area contributed by atoms with Crippen LogP contribution in [0.3, 0.4) is 0 Å². The summed E-state index contributed by atoms with van der Waals surface area (Å²) in [6.45, 7) is 4.86. The van der Waals surface area contributed by atoms with E-state index in [4.69, 9.17) is 0 Å². The van der Waals surface area contributed by atoms with E-state index in [1.54, 1.807) is 10.4 Å². The van der Waals surface area contributed by atoms with Crippen molar-refractivity contribution < 1.29 is 0 Å². The molecule has 2 unspecified atom stereocenters. The molecule has 0 amide bonds. The van der Waals surface area contributed by atoms with Crippen molar-refractivity contribution in [1.29, 1.82) is 0 Å². The van der Waals surface area contributed by atoms with Crippen LogP contribution in [-0.4, -0.2) is 43.5 Å². The van der Waals surface area contributed by atoms with E-state index in [2.05, 4.69) is 183 Å². The molecular weight excluding hydrogens is 522 g/mol. The van der Waals surface area contributed by atoms with Gasteiger partial charge in [-0.15, -0.1) is 0 Å². The second kappa shape index (κ2) is 10.4. The number of allylic oxidation sites excluding steroid dienone is 2. The van der Waals surface area contributed by atoms with Gasteiger partial charge in [-0.25, -0.2) is 0 Å². The van der Waals surface area contributed by atoms with Gasteiger partial charge in [-0.05, 0) is 0 Å². The van der Waals surface area contributed by atoms with Crippen LogP contribution in [0.15, 0.2) is 145 Å². The van der Waals surface area contributed by atoms with Crippen LogP contribution in [0.5, 0.6) is 0 Å². The molecule has 0 nitrogen and oxygen atoms in total. The van der Waals surface area contributed by atoms with Gasteiger partial charge in [0.2, 0.25) is 0 Å². The summed E-state index contributed by atoms with van der Waals surface area (Å²) < 4.78 is 0.723. The van der Waals surface area contributed by atoms with E-state index in [9.17, 15) is 0 Å². The van der Waals surface area contributed by atoms with Crippen molar-refractivity contribution >= 4 is 85.8 Å².